The highest BCUT2D eigenvalue weighted by Gasteiger charge is 2.20. The van der Waals surface area contributed by atoms with Gasteiger partial charge in [-0.25, -0.2) is 4.98 Å². The molecular weight excluding hydrogens is 346 g/mol. The van der Waals surface area contributed by atoms with Crippen LogP contribution >= 0.6 is 0 Å². The Morgan fingerprint density at radius 3 is 3.00 bits per heavy atom. The summed E-state index contributed by atoms with van der Waals surface area (Å²) in [4.78, 5) is 32.0. The van der Waals surface area contributed by atoms with Crippen molar-refractivity contribution in [3.8, 4) is 17.4 Å². The number of furan rings is 1. The predicted octanol–water partition coefficient (Wildman–Crippen LogP) is 2.83. The molecule has 3 aromatic heterocycles. The van der Waals surface area contributed by atoms with Crippen LogP contribution in [0, 0.1) is 0 Å². The van der Waals surface area contributed by atoms with Crippen LogP contribution in [0.1, 0.15) is 43.9 Å². The number of aromatic nitrogens is 4. The number of hydrogen-bond donors (Lipinski definition) is 2. The first-order chi connectivity index (χ1) is 13.2. The van der Waals surface area contributed by atoms with Gasteiger partial charge in [-0.15, -0.1) is 0 Å². The minimum absolute atomic E-state index is 0.120. The number of carbonyl (C=O) groups is 1. The lowest BCUT2D eigenvalue weighted by Gasteiger charge is -2.15. The molecule has 4 rings (SSSR count). The Bertz CT molecular complexity index is 1020. The Morgan fingerprint density at radius 2 is 2.22 bits per heavy atom. The molecule has 8 heteroatoms. The van der Waals surface area contributed by atoms with Gasteiger partial charge in [-0.3, -0.25) is 14.6 Å². The number of nitrogens with zero attached hydrogens (tertiary/aromatic N) is 3. The van der Waals surface area contributed by atoms with Gasteiger partial charge in [-0.1, -0.05) is 6.92 Å². The van der Waals surface area contributed by atoms with Crippen LogP contribution in [0.5, 0.6) is 0 Å². The summed E-state index contributed by atoms with van der Waals surface area (Å²) < 4.78 is 6.87. The third-order valence-electron chi connectivity index (χ3n) is 4.61. The maximum Gasteiger partial charge on any atom is 0.255 e. The van der Waals surface area contributed by atoms with E-state index in [-0.39, 0.29) is 11.5 Å². The summed E-state index contributed by atoms with van der Waals surface area (Å²) >= 11 is 0. The molecule has 140 valence electrons. The zero-order chi connectivity index (χ0) is 18.8. The first kappa shape index (κ1) is 17.3. The lowest BCUT2D eigenvalue weighted by atomic mass is 9.97. The zero-order valence-electron chi connectivity index (χ0n) is 15.1. The summed E-state index contributed by atoms with van der Waals surface area (Å²) in [5.41, 5.74) is 1.96. The molecule has 1 amide bonds. The van der Waals surface area contributed by atoms with E-state index in [1.165, 1.54) is 4.68 Å². The van der Waals surface area contributed by atoms with Crippen LogP contribution < -0.4 is 10.9 Å². The van der Waals surface area contributed by atoms with E-state index in [1.807, 2.05) is 6.92 Å². The van der Waals surface area contributed by atoms with E-state index >= 15 is 0 Å². The van der Waals surface area contributed by atoms with Gasteiger partial charge in [-0.05, 0) is 44.2 Å². The number of H-pyrrole nitrogens is 1. The van der Waals surface area contributed by atoms with Crippen LogP contribution in [0.3, 0.4) is 0 Å². The molecule has 0 saturated carbocycles. The largest absolute Gasteiger partial charge is 0.463 e. The van der Waals surface area contributed by atoms with Crippen LogP contribution in [-0.4, -0.2) is 25.7 Å². The SMILES string of the molecule is CCCC(=O)Nc1cc(-c2ccco2)nn1-c1nc2c(c(=O)[nH]1)CCCC2. The highest BCUT2D eigenvalue weighted by molar-refractivity contribution is 5.90. The van der Waals surface area contributed by atoms with Crippen molar-refractivity contribution in [2.75, 3.05) is 5.32 Å². The number of hydrogen-bond acceptors (Lipinski definition) is 5. The summed E-state index contributed by atoms with van der Waals surface area (Å²) in [6, 6.07) is 5.27. The van der Waals surface area contributed by atoms with Gasteiger partial charge in [0, 0.05) is 18.1 Å². The van der Waals surface area contributed by atoms with Crippen LogP contribution in [-0.2, 0) is 17.6 Å². The van der Waals surface area contributed by atoms with Gasteiger partial charge in [0.1, 0.15) is 11.5 Å². The normalized spacial score (nSPS) is 13.4. The van der Waals surface area contributed by atoms with Crippen molar-refractivity contribution in [3.63, 3.8) is 0 Å². The second-order valence-electron chi connectivity index (χ2n) is 6.62. The molecule has 0 unspecified atom stereocenters. The minimum atomic E-state index is -0.143. The molecule has 1 aliphatic carbocycles. The van der Waals surface area contributed by atoms with E-state index < -0.39 is 0 Å². The molecule has 0 radical (unpaired) electrons. The number of amides is 1. The Labute approximate surface area is 155 Å². The monoisotopic (exact) mass is 367 g/mol. The number of nitrogens with one attached hydrogen (secondary N) is 2. The molecule has 0 atom stereocenters. The second-order valence-corrected chi connectivity index (χ2v) is 6.62. The molecule has 0 aliphatic heterocycles. The van der Waals surface area contributed by atoms with E-state index in [0.717, 1.165) is 43.4 Å². The van der Waals surface area contributed by atoms with Gasteiger partial charge in [0.05, 0.1) is 12.0 Å². The summed E-state index contributed by atoms with van der Waals surface area (Å²) in [5.74, 6) is 1.19. The molecule has 8 nitrogen and oxygen atoms in total. The number of carbonyl (C=O) groups excluding carboxylic acids is 1. The maximum atomic E-state index is 12.5. The van der Waals surface area contributed by atoms with Crippen LogP contribution in [0.15, 0.2) is 33.7 Å². The van der Waals surface area contributed by atoms with Crippen LogP contribution in [0.25, 0.3) is 17.4 Å². The predicted molar refractivity (Wildman–Crippen MR) is 99.9 cm³/mol. The quantitative estimate of drug-likeness (QED) is 0.721. The molecule has 0 spiro atoms. The maximum absolute atomic E-state index is 12.5. The Hall–Kier alpha value is -3.16. The van der Waals surface area contributed by atoms with Crippen LogP contribution in [0.4, 0.5) is 5.82 Å². The number of aryl methyl sites for hydroxylation is 1. The second kappa shape index (κ2) is 7.22. The lowest BCUT2D eigenvalue weighted by Crippen LogP contribution is -2.24. The molecule has 0 saturated heterocycles. The fourth-order valence-electron chi connectivity index (χ4n) is 3.30. The summed E-state index contributed by atoms with van der Waals surface area (Å²) in [7, 11) is 0. The standard InChI is InChI=1S/C19H21N5O3/c1-2-6-17(25)21-16-11-14(15-9-5-10-27-15)23-24(16)19-20-13-8-4-3-7-12(13)18(26)22-19/h5,9-11H,2-4,6-8H2,1H3,(H,21,25)(H,20,22,26). The van der Waals surface area contributed by atoms with Gasteiger partial charge in [0.2, 0.25) is 11.9 Å². The van der Waals surface area contributed by atoms with E-state index in [1.54, 1.807) is 24.5 Å². The molecule has 1 aliphatic rings. The number of anilines is 1. The molecule has 3 aromatic rings. The number of aromatic amines is 1. The van der Waals surface area contributed by atoms with Gasteiger partial charge in [-0.2, -0.15) is 9.78 Å². The van der Waals surface area contributed by atoms with E-state index in [9.17, 15) is 9.59 Å². The molecule has 2 N–H and O–H groups in total. The van der Waals surface area contributed by atoms with Gasteiger partial charge >= 0.3 is 0 Å². The molecular formula is C19H21N5O3. The van der Waals surface area contributed by atoms with Gasteiger partial charge in [0.15, 0.2) is 5.76 Å². The van der Waals surface area contributed by atoms with Gasteiger partial charge in [0.25, 0.3) is 5.56 Å². The van der Waals surface area contributed by atoms with Crippen molar-refractivity contribution in [1.29, 1.82) is 0 Å². The Morgan fingerprint density at radius 1 is 1.37 bits per heavy atom. The lowest BCUT2D eigenvalue weighted by molar-refractivity contribution is -0.116. The fraction of sp³-hybridized carbons (Fsp3) is 0.368. The van der Waals surface area contributed by atoms with Crippen molar-refractivity contribution in [2.45, 2.75) is 45.4 Å². The molecule has 27 heavy (non-hydrogen) atoms. The molecule has 0 aromatic carbocycles. The van der Waals surface area contributed by atoms with Crippen molar-refractivity contribution >= 4 is 11.7 Å². The molecule has 0 bridgehead atoms. The number of fused-ring (bicyclic) bond motifs is 1. The molecule has 3 heterocycles. The van der Waals surface area contributed by atoms with E-state index in [0.29, 0.717) is 29.6 Å². The van der Waals surface area contributed by atoms with Gasteiger partial charge < -0.3 is 9.73 Å². The van der Waals surface area contributed by atoms with Crippen molar-refractivity contribution < 1.29 is 9.21 Å². The highest BCUT2D eigenvalue weighted by atomic mass is 16.3. The Balaban J connectivity index is 1.80. The molecule has 0 fully saturated rings. The highest BCUT2D eigenvalue weighted by Crippen LogP contribution is 2.25. The third kappa shape index (κ3) is 3.42. The van der Waals surface area contributed by atoms with Crippen molar-refractivity contribution in [1.82, 2.24) is 19.7 Å². The zero-order valence-corrected chi connectivity index (χ0v) is 15.1. The van der Waals surface area contributed by atoms with E-state index in [2.05, 4.69) is 20.4 Å². The summed E-state index contributed by atoms with van der Waals surface area (Å²) in [5, 5.41) is 7.35. The minimum Gasteiger partial charge on any atom is -0.463 e. The first-order valence-electron chi connectivity index (χ1n) is 9.22. The Kier molecular flexibility index (Phi) is 4.62. The van der Waals surface area contributed by atoms with E-state index in [4.69, 9.17) is 4.42 Å². The smallest absolute Gasteiger partial charge is 0.255 e. The average Bonchev–Trinajstić information content (AvgIpc) is 3.31. The third-order valence-corrected chi connectivity index (χ3v) is 4.61. The number of rotatable bonds is 5. The summed E-state index contributed by atoms with van der Waals surface area (Å²) in [6.45, 7) is 1.94. The average molecular weight is 367 g/mol. The fourth-order valence-corrected chi connectivity index (χ4v) is 3.30. The van der Waals surface area contributed by atoms with Crippen molar-refractivity contribution in [3.05, 3.63) is 46.1 Å². The van der Waals surface area contributed by atoms with Crippen LogP contribution in [0.2, 0.25) is 0 Å². The summed E-state index contributed by atoms with van der Waals surface area (Å²) in [6.07, 6.45) is 6.22. The first-order valence-corrected chi connectivity index (χ1v) is 9.22. The topological polar surface area (TPSA) is 106 Å². The van der Waals surface area contributed by atoms with Crippen molar-refractivity contribution in [2.24, 2.45) is 0 Å².